The minimum Gasteiger partial charge on any atom is -0.497 e. The zero-order valence-corrected chi connectivity index (χ0v) is 9.92. The van der Waals surface area contributed by atoms with Crippen LogP contribution in [0.2, 0.25) is 0 Å². The van der Waals surface area contributed by atoms with Crippen LogP contribution < -0.4 is 10.1 Å². The predicted molar refractivity (Wildman–Crippen MR) is 63.8 cm³/mol. The van der Waals surface area contributed by atoms with Crippen LogP contribution in [0.4, 0.5) is 5.95 Å². The van der Waals surface area contributed by atoms with Crippen molar-refractivity contribution in [2.45, 2.75) is 20.0 Å². The van der Waals surface area contributed by atoms with Crippen LogP contribution in [-0.4, -0.2) is 27.3 Å². The molecule has 6 nitrogen and oxygen atoms in total. The van der Waals surface area contributed by atoms with Gasteiger partial charge in [-0.1, -0.05) is 17.2 Å². The largest absolute Gasteiger partial charge is 0.497 e. The Morgan fingerprint density at radius 3 is 3.06 bits per heavy atom. The van der Waals surface area contributed by atoms with E-state index in [-0.39, 0.29) is 0 Å². The molecule has 1 heterocycles. The van der Waals surface area contributed by atoms with E-state index in [9.17, 15) is 0 Å². The molecule has 0 saturated carbocycles. The standard InChI is InChI=1S/C11H15N5O/c1-3-16-11(13-14-15-16)12-8-9-5-4-6-10(7-9)17-2/h4-7H,3,8H2,1-2H3,(H,12,13,15). The highest BCUT2D eigenvalue weighted by Crippen LogP contribution is 2.13. The first kappa shape index (κ1) is 11.4. The zero-order chi connectivity index (χ0) is 12.1. The van der Waals surface area contributed by atoms with Crippen LogP contribution in [0.25, 0.3) is 0 Å². The van der Waals surface area contributed by atoms with Gasteiger partial charge >= 0.3 is 0 Å². The van der Waals surface area contributed by atoms with Crippen molar-refractivity contribution in [1.82, 2.24) is 20.2 Å². The van der Waals surface area contributed by atoms with Gasteiger partial charge in [0.25, 0.3) is 0 Å². The summed E-state index contributed by atoms with van der Waals surface area (Å²) in [6.07, 6.45) is 0. The Bertz CT molecular complexity index is 482. The third-order valence-corrected chi connectivity index (χ3v) is 2.42. The fourth-order valence-corrected chi connectivity index (χ4v) is 1.51. The second kappa shape index (κ2) is 5.29. The van der Waals surface area contributed by atoms with E-state index in [4.69, 9.17) is 4.74 Å². The third kappa shape index (κ3) is 2.72. The van der Waals surface area contributed by atoms with E-state index in [0.29, 0.717) is 12.5 Å². The Morgan fingerprint density at radius 2 is 2.29 bits per heavy atom. The quantitative estimate of drug-likeness (QED) is 0.843. The minimum absolute atomic E-state index is 0.664. The molecule has 0 aliphatic heterocycles. The molecule has 1 aromatic heterocycles. The minimum atomic E-state index is 0.664. The first-order chi connectivity index (χ1) is 8.33. The first-order valence-electron chi connectivity index (χ1n) is 5.46. The molecule has 6 heteroatoms. The van der Waals surface area contributed by atoms with E-state index < -0.39 is 0 Å². The van der Waals surface area contributed by atoms with Crippen molar-refractivity contribution in [3.8, 4) is 5.75 Å². The van der Waals surface area contributed by atoms with Crippen LogP contribution in [0.1, 0.15) is 12.5 Å². The predicted octanol–water partition coefficient (Wildman–Crippen LogP) is 1.31. The monoisotopic (exact) mass is 233 g/mol. The number of aryl methyl sites for hydroxylation is 1. The zero-order valence-electron chi connectivity index (χ0n) is 9.92. The maximum Gasteiger partial charge on any atom is 0.243 e. The number of hydrogen-bond acceptors (Lipinski definition) is 5. The van der Waals surface area contributed by atoms with Crippen molar-refractivity contribution in [3.05, 3.63) is 29.8 Å². The number of methoxy groups -OCH3 is 1. The molecule has 0 unspecified atom stereocenters. The van der Waals surface area contributed by atoms with Crippen molar-refractivity contribution >= 4 is 5.95 Å². The molecule has 90 valence electrons. The van der Waals surface area contributed by atoms with Crippen molar-refractivity contribution in [1.29, 1.82) is 0 Å². The molecule has 0 amide bonds. The summed E-state index contributed by atoms with van der Waals surface area (Å²) >= 11 is 0. The number of anilines is 1. The highest BCUT2D eigenvalue weighted by atomic mass is 16.5. The molecule has 0 fully saturated rings. The van der Waals surface area contributed by atoms with Gasteiger partial charge < -0.3 is 10.1 Å². The molecule has 0 spiro atoms. The number of tetrazole rings is 1. The number of hydrogen-bond donors (Lipinski definition) is 1. The van der Waals surface area contributed by atoms with Crippen LogP contribution in [0.3, 0.4) is 0 Å². The van der Waals surface area contributed by atoms with Gasteiger partial charge in [0.1, 0.15) is 5.75 Å². The topological polar surface area (TPSA) is 64.9 Å². The van der Waals surface area contributed by atoms with Crippen molar-refractivity contribution in [2.24, 2.45) is 0 Å². The van der Waals surface area contributed by atoms with E-state index in [1.54, 1.807) is 11.8 Å². The van der Waals surface area contributed by atoms with Crippen molar-refractivity contribution in [2.75, 3.05) is 12.4 Å². The van der Waals surface area contributed by atoms with Crippen LogP contribution in [-0.2, 0) is 13.1 Å². The highest BCUT2D eigenvalue weighted by Gasteiger charge is 2.03. The Hall–Kier alpha value is -2.11. The summed E-state index contributed by atoms with van der Waals surface area (Å²) in [4.78, 5) is 0. The fourth-order valence-electron chi connectivity index (χ4n) is 1.51. The summed E-state index contributed by atoms with van der Waals surface area (Å²) in [5.41, 5.74) is 1.12. The van der Waals surface area contributed by atoms with Crippen LogP contribution in [0, 0.1) is 0 Å². The SMILES string of the molecule is CCn1nnnc1NCc1cccc(OC)c1. The molecule has 2 aromatic rings. The molecule has 0 saturated heterocycles. The lowest BCUT2D eigenvalue weighted by Crippen LogP contribution is -2.07. The van der Waals surface area contributed by atoms with E-state index in [1.165, 1.54) is 0 Å². The second-order valence-electron chi connectivity index (χ2n) is 3.52. The summed E-state index contributed by atoms with van der Waals surface area (Å²) in [6.45, 7) is 3.40. The summed E-state index contributed by atoms with van der Waals surface area (Å²) in [6, 6.07) is 7.88. The lowest BCUT2D eigenvalue weighted by Gasteiger charge is -2.06. The molecule has 0 radical (unpaired) electrons. The third-order valence-electron chi connectivity index (χ3n) is 2.42. The van der Waals surface area contributed by atoms with Crippen molar-refractivity contribution < 1.29 is 4.74 Å². The number of aromatic nitrogens is 4. The summed E-state index contributed by atoms with van der Waals surface area (Å²) in [7, 11) is 1.66. The van der Waals surface area contributed by atoms with Gasteiger partial charge in [0, 0.05) is 13.1 Å². The average Bonchev–Trinajstić information content (AvgIpc) is 2.84. The van der Waals surface area contributed by atoms with Gasteiger partial charge in [-0.25, -0.2) is 4.68 Å². The van der Waals surface area contributed by atoms with E-state index >= 15 is 0 Å². The fraction of sp³-hybridized carbons (Fsp3) is 0.364. The Labute approximate surface area is 99.6 Å². The summed E-state index contributed by atoms with van der Waals surface area (Å²) in [5.74, 6) is 1.52. The molecule has 17 heavy (non-hydrogen) atoms. The smallest absolute Gasteiger partial charge is 0.243 e. The molecule has 0 atom stereocenters. The van der Waals surface area contributed by atoms with Gasteiger partial charge in [0.15, 0.2) is 0 Å². The average molecular weight is 233 g/mol. The van der Waals surface area contributed by atoms with E-state index in [2.05, 4.69) is 20.8 Å². The highest BCUT2D eigenvalue weighted by molar-refractivity contribution is 5.31. The lowest BCUT2D eigenvalue weighted by molar-refractivity contribution is 0.414. The number of nitrogens with one attached hydrogen (secondary N) is 1. The van der Waals surface area contributed by atoms with E-state index in [1.807, 2.05) is 31.2 Å². The number of benzene rings is 1. The summed E-state index contributed by atoms with van der Waals surface area (Å²) < 4.78 is 6.87. The molecule has 1 N–H and O–H groups in total. The van der Waals surface area contributed by atoms with Crippen LogP contribution in [0.5, 0.6) is 5.75 Å². The molecule has 1 aromatic carbocycles. The molecule has 2 rings (SSSR count). The molecule has 0 bridgehead atoms. The number of rotatable bonds is 5. The lowest BCUT2D eigenvalue weighted by atomic mass is 10.2. The van der Waals surface area contributed by atoms with Gasteiger partial charge in [-0.05, 0) is 35.0 Å². The normalized spacial score (nSPS) is 10.2. The number of ether oxygens (including phenoxy) is 1. The van der Waals surface area contributed by atoms with Crippen LogP contribution >= 0.6 is 0 Å². The van der Waals surface area contributed by atoms with Gasteiger partial charge in [-0.15, -0.1) is 0 Å². The molecule has 0 aliphatic carbocycles. The maximum absolute atomic E-state index is 5.16. The van der Waals surface area contributed by atoms with Crippen LogP contribution in [0.15, 0.2) is 24.3 Å². The second-order valence-corrected chi connectivity index (χ2v) is 3.52. The molecular formula is C11H15N5O. The molecular weight excluding hydrogens is 218 g/mol. The van der Waals surface area contributed by atoms with Gasteiger partial charge in [-0.2, -0.15) is 0 Å². The van der Waals surface area contributed by atoms with E-state index in [0.717, 1.165) is 17.9 Å². The number of nitrogens with zero attached hydrogens (tertiary/aromatic N) is 4. The maximum atomic E-state index is 5.16. The Kier molecular flexibility index (Phi) is 3.54. The molecule has 0 aliphatic rings. The van der Waals surface area contributed by atoms with Gasteiger partial charge in [-0.3, -0.25) is 0 Å². The Morgan fingerprint density at radius 1 is 1.41 bits per heavy atom. The Balaban J connectivity index is 2.02. The van der Waals surface area contributed by atoms with Gasteiger partial charge in [0.05, 0.1) is 7.11 Å². The summed E-state index contributed by atoms with van der Waals surface area (Å²) in [5, 5.41) is 14.6. The first-order valence-corrected chi connectivity index (χ1v) is 5.46. The van der Waals surface area contributed by atoms with Crippen molar-refractivity contribution in [3.63, 3.8) is 0 Å². The van der Waals surface area contributed by atoms with Gasteiger partial charge in [0.2, 0.25) is 5.95 Å².